The van der Waals surface area contributed by atoms with Crippen LogP contribution in [0, 0.1) is 0 Å². The summed E-state index contributed by atoms with van der Waals surface area (Å²) >= 11 is 0. The Morgan fingerprint density at radius 3 is 2.60 bits per heavy atom. The van der Waals surface area contributed by atoms with Crippen molar-refractivity contribution < 1.29 is 5.11 Å². The van der Waals surface area contributed by atoms with E-state index in [1.54, 1.807) is 0 Å². The molecule has 0 saturated heterocycles. The molecule has 0 amide bonds. The molecular weight excluding hydrogens is 190 g/mol. The van der Waals surface area contributed by atoms with Gasteiger partial charge in [-0.1, -0.05) is 19.3 Å². The summed E-state index contributed by atoms with van der Waals surface area (Å²) in [7, 11) is 0. The number of nitrogens with two attached hydrogens (primary N) is 1. The van der Waals surface area contributed by atoms with Gasteiger partial charge < -0.3 is 16.2 Å². The van der Waals surface area contributed by atoms with Gasteiger partial charge in [0, 0.05) is 6.04 Å². The van der Waals surface area contributed by atoms with Crippen molar-refractivity contribution in [1.82, 2.24) is 5.32 Å². The van der Waals surface area contributed by atoms with Gasteiger partial charge in [-0.3, -0.25) is 0 Å². The maximum Gasteiger partial charge on any atom is 0.189 e. The molecule has 2 unspecified atom stereocenters. The molecule has 4 heteroatoms. The van der Waals surface area contributed by atoms with Crippen molar-refractivity contribution in [3.8, 4) is 0 Å². The van der Waals surface area contributed by atoms with Crippen LogP contribution in [-0.2, 0) is 0 Å². The smallest absolute Gasteiger partial charge is 0.189 e. The number of aliphatic imine (C=N–C) groups is 1. The molecule has 15 heavy (non-hydrogen) atoms. The fourth-order valence-electron chi connectivity index (χ4n) is 2.07. The quantitative estimate of drug-likeness (QED) is 0.358. The number of aliphatic hydroxyl groups is 1. The standard InChI is InChI=1S/C11H21N3O/c12-11(13-8-6-7-8)14-9-4-2-1-3-5-10(9)15/h8-10,15H,1-7H2,(H3,12,13,14). The first kappa shape index (κ1) is 10.7. The van der Waals surface area contributed by atoms with E-state index in [4.69, 9.17) is 5.73 Å². The highest BCUT2D eigenvalue weighted by molar-refractivity contribution is 5.78. The van der Waals surface area contributed by atoms with E-state index in [1.807, 2.05) is 0 Å². The lowest BCUT2D eigenvalue weighted by atomic mass is 10.1. The Morgan fingerprint density at radius 2 is 1.87 bits per heavy atom. The van der Waals surface area contributed by atoms with Crippen LogP contribution < -0.4 is 11.1 Å². The first-order valence-corrected chi connectivity index (χ1v) is 6.03. The van der Waals surface area contributed by atoms with Crippen LogP contribution in [0.5, 0.6) is 0 Å². The van der Waals surface area contributed by atoms with Crippen molar-refractivity contribution >= 4 is 5.96 Å². The Hall–Kier alpha value is -0.770. The largest absolute Gasteiger partial charge is 0.391 e. The van der Waals surface area contributed by atoms with Crippen molar-refractivity contribution in [2.45, 2.75) is 63.1 Å². The zero-order valence-corrected chi connectivity index (χ0v) is 9.15. The molecule has 2 atom stereocenters. The van der Waals surface area contributed by atoms with Crippen molar-refractivity contribution in [2.75, 3.05) is 0 Å². The number of aliphatic hydroxyl groups excluding tert-OH is 1. The minimum atomic E-state index is -0.299. The van der Waals surface area contributed by atoms with Gasteiger partial charge >= 0.3 is 0 Å². The molecule has 2 fully saturated rings. The fourth-order valence-corrected chi connectivity index (χ4v) is 2.07. The van der Waals surface area contributed by atoms with Crippen molar-refractivity contribution in [2.24, 2.45) is 10.7 Å². The molecule has 0 heterocycles. The summed E-state index contributed by atoms with van der Waals surface area (Å²) in [5.74, 6) is 0.517. The Morgan fingerprint density at radius 1 is 1.13 bits per heavy atom. The average Bonchev–Trinajstić information content (AvgIpc) is 2.98. The van der Waals surface area contributed by atoms with E-state index in [9.17, 15) is 5.11 Å². The maximum atomic E-state index is 9.86. The lowest BCUT2D eigenvalue weighted by Crippen LogP contribution is -2.36. The number of hydrogen-bond acceptors (Lipinski definition) is 2. The fraction of sp³-hybridized carbons (Fsp3) is 0.909. The second-order valence-corrected chi connectivity index (χ2v) is 4.71. The maximum absolute atomic E-state index is 9.86. The van der Waals surface area contributed by atoms with Gasteiger partial charge in [-0.15, -0.1) is 0 Å². The average molecular weight is 211 g/mol. The minimum Gasteiger partial charge on any atom is -0.391 e. The summed E-state index contributed by atoms with van der Waals surface area (Å²) in [5.41, 5.74) is 5.79. The van der Waals surface area contributed by atoms with Crippen LogP contribution in [-0.4, -0.2) is 29.3 Å². The summed E-state index contributed by atoms with van der Waals surface area (Å²) in [6.07, 6.45) is 7.41. The van der Waals surface area contributed by atoms with E-state index in [0.29, 0.717) is 12.0 Å². The predicted octanol–water partition coefficient (Wildman–Crippen LogP) is 0.747. The summed E-state index contributed by atoms with van der Waals surface area (Å²) in [6, 6.07) is 0.551. The second-order valence-electron chi connectivity index (χ2n) is 4.71. The zero-order valence-electron chi connectivity index (χ0n) is 9.15. The van der Waals surface area contributed by atoms with Crippen LogP contribution in [0.1, 0.15) is 44.9 Å². The first-order chi connectivity index (χ1) is 7.25. The molecule has 0 spiro atoms. The summed E-state index contributed by atoms with van der Waals surface area (Å²) in [4.78, 5) is 4.39. The highest BCUT2D eigenvalue weighted by Gasteiger charge is 2.24. The van der Waals surface area contributed by atoms with Crippen LogP contribution in [0.2, 0.25) is 0 Å². The number of hydrogen-bond donors (Lipinski definition) is 3. The topological polar surface area (TPSA) is 70.6 Å². The number of nitrogens with one attached hydrogen (secondary N) is 1. The Kier molecular flexibility index (Phi) is 3.46. The van der Waals surface area contributed by atoms with E-state index in [0.717, 1.165) is 25.7 Å². The minimum absolute atomic E-state index is 0.0127. The molecular formula is C11H21N3O. The van der Waals surface area contributed by atoms with Gasteiger partial charge in [0.1, 0.15) is 0 Å². The van der Waals surface area contributed by atoms with E-state index < -0.39 is 0 Å². The first-order valence-electron chi connectivity index (χ1n) is 6.03. The van der Waals surface area contributed by atoms with E-state index in [1.165, 1.54) is 19.3 Å². The van der Waals surface area contributed by atoms with Crippen molar-refractivity contribution in [3.63, 3.8) is 0 Å². The summed E-state index contributed by atoms with van der Waals surface area (Å²) in [5, 5.41) is 13.0. The monoisotopic (exact) mass is 211 g/mol. The molecule has 0 aromatic rings. The molecule has 0 bridgehead atoms. The van der Waals surface area contributed by atoms with Gasteiger partial charge in [0.05, 0.1) is 12.1 Å². The van der Waals surface area contributed by atoms with Gasteiger partial charge in [-0.2, -0.15) is 0 Å². The van der Waals surface area contributed by atoms with Gasteiger partial charge in [-0.05, 0) is 25.7 Å². The molecule has 86 valence electrons. The van der Waals surface area contributed by atoms with E-state index in [2.05, 4.69) is 10.3 Å². The Balaban J connectivity index is 1.88. The lowest BCUT2D eigenvalue weighted by Gasteiger charge is -2.17. The van der Waals surface area contributed by atoms with Crippen LogP contribution in [0.3, 0.4) is 0 Å². The predicted molar refractivity (Wildman–Crippen MR) is 60.7 cm³/mol. The van der Waals surface area contributed by atoms with Gasteiger partial charge in [-0.25, -0.2) is 4.99 Å². The normalized spacial score (nSPS) is 33.5. The molecule has 2 aliphatic rings. The molecule has 0 radical (unpaired) electrons. The number of guanidine groups is 1. The van der Waals surface area contributed by atoms with Crippen molar-refractivity contribution in [3.05, 3.63) is 0 Å². The molecule has 0 aromatic carbocycles. The number of nitrogens with zero attached hydrogens (tertiary/aromatic N) is 1. The molecule has 4 nitrogen and oxygen atoms in total. The third kappa shape index (κ3) is 3.38. The number of rotatable bonds is 2. The van der Waals surface area contributed by atoms with Crippen LogP contribution in [0.25, 0.3) is 0 Å². The van der Waals surface area contributed by atoms with Crippen LogP contribution in [0.15, 0.2) is 4.99 Å². The molecule has 2 saturated carbocycles. The third-order valence-electron chi connectivity index (χ3n) is 3.18. The summed E-state index contributed by atoms with van der Waals surface area (Å²) < 4.78 is 0. The third-order valence-corrected chi connectivity index (χ3v) is 3.18. The zero-order chi connectivity index (χ0) is 10.7. The van der Waals surface area contributed by atoms with Gasteiger partial charge in [0.2, 0.25) is 0 Å². The molecule has 2 rings (SSSR count). The Bertz CT molecular complexity index is 238. The van der Waals surface area contributed by atoms with Gasteiger partial charge in [0.25, 0.3) is 0 Å². The molecule has 0 aromatic heterocycles. The molecule has 0 aliphatic heterocycles. The summed E-state index contributed by atoms with van der Waals surface area (Å²) in [6.45, 7) is 0. The highest BCUT2D eigenvalue weighted by atomic mass is 16.3. The van der Waals surface area contributed by atoms with Crippen LogP contribution >= 0.6 is 0 Å². The van der Waals surface area contributed by atoms with Gasteiger partial charge in [0.15, 0.2) is 5.96 Å². The highest BCUT2D eigenvalue weighted by Crippen LogP contribution is 2.21. The van der Waals surface area contributed by atoms with E-state index >= 15 is 0 Å². The second kappa shape index (κ2) is 4.84. The van der Waals surface area contributed by atoms with Crippen LogP contribution in [0.4, 0.5) is 0 Å². The SMILES string of the molecule is NC(=NC1CCCCCC1O)NC1CC1. The molecule has 4 N–H and O–H groups in total. The molecule has 2 aliphatic carbocycles. The van der Waals surface area contributed by atoms with E-state index in [-0.39, 0.29) is 12.1 Å². The van der Waals surface area contributed by atoms with Crippen molar-refractivity contribution in [1.29, 1.82) is 0 Å². The Labute approximate surface area is 91.0 Å². The lowest BCUT2D eigenvalue weighted by molar-refractivity contribution is 0.138.